The van der Waals surface area contributed by atoms with Crippen molar-refractivity contribution in [3.8, 4) is 0 Å². The van der Waals surface area contributed by atoms with E-state index >= 15 is 0 Å². The highest BCUT2D eigenvalue weighted by atomic mass is 32.2. The van der Waals surface area contributed by atoms with E-state index in [4.69, 9.17) is 4.99 Å². The predicted octanol–water partition coefficient (Wildman–Crippen LogP) is 2.97. The van der Waals surface area contributed by atoms with Gasteiger partial charge >= 0.3 is 0 Å². The molecule has 0 spiro atoms. The van der Waals surface area contributed by atoms with Crippen molar-refractivity contribution in [3.63, 3.8) is 0 Å². The van der Waals surface area contributed by atoms with Crippen LogP contribution in [0.4, 0.5) is 5.69 Å². The minimum absolute atomic E-state index is 1.10. The van der Waals surface area contributed by atoms with Crippen LogP contribution in [0.2, 0.25) is 0 Å². The number of hydrogen-bond acceptors (Lipinski definition) is 2. The SMILES string of the molecule is Cc1cccc(N=C2SCCN2C)c1C. The molecular weight excluding hydrogens is 204 g/mol. The van der Waals surface area contributed by atoms with E-state index in [1.807, 2.05) is 11.8 Å². The molecule has 0 saturated carbocycles. The maximum Gasteiger partial charge on any atom is 0.164 e. The third kappa shape index (κ3) is 2.17. The second-order valence-corrected chi connectivity index (χ2v) is 4.95. The highest BCUT2D eigenvalue weighted by Crippen LogP contribution is 2.25. The Labute approximate surface area is 95.4 Å². The molecule has 0 atom stereocenters. The highest BCUT2D eigenvalue weighted by molar-refractivity contribution is 8.14. The van der Waals surface area contributed by atoms with Crippen molar-refractivity contribution in [2.45, 2.75) is 13.8 Å². The number of thioether (sulfide) groups is 1. The molecule has 1 saturated heterocycles. The first kappa shape index (κ1) is 10.6. The number of benzene rings is 1. The summed E-state index contributed by atoms with van der Waals surface area (Å²) in [6.07, 6.45) is 0. The van der Waals surface area contributed by atoms with Crippen LogP contribution in [0, 0.1) is 13.8 Å². The Morgan fingerprint density at radius 2 is 2.13 bits per heavy atom. The molecule has 3 heteroatoms. The Bertz CT molecular complexity index is 399. The van der Waals surface area contributed by atoms with Gasteiger partial charge in [-0.25, -0.2) is 4.99 Å². The first-order valence-electron chi connectivity index (χ1n) is 5.17. The van der Waals surface area contributed by atoms with Gasteiger partial charge < -0.3 is 4.90 Å². The second kappa shape index (κ2) is 4.27. The van der Waals surface area contributed by atoms with Crippen LogP contribution in [0.1, 0.15) is 11.1 Å². The van der Waals surface area contributed by atoms with Gasteiger partial charge in [0.2, 0.25) is 0 Å². The summed E-state index contributed by atoms with van der Waals surface area (Å²) in [5.41, 5.74) is 3.69. The number of aryl methyl sites for hydroxylation is 1. The lowest BCUT2D eigenvalue weighted by Crippen LogP contribution is -2.17. The van der Waals surface area contributed by atoms with Crippen LogP contribution < -0.4 is 0 Å². The summed E-state index contributed by atoms with van der Waals surface area (Å²) >= 11 is 1.84. The Kier molecular flexibility index (Phi) is 3.00. The van der Waals surface area contributed by atoms with E-state index in [9.17, 15) is 0 Å². The zero-order chi connectivity index (χ0) is 10.8. The maximum atomic E-state index is 4.70. The standard InChI is InChI=1S/C12H16N2S/c1-9-5-4-6-11(10(9)2)13-12-14(3)7-8-15-12/h4-6H,7-8H2,1-3H3. The summed E-state index contributed by atoms with van der Waals surface area (Å²) in [7, 11) is 2.10. The first-order chi connectivity index (χ1) is 7.18. The quantitative estimate of drug-likeness (QED) is 0.723. The summed E-state index contributed by atoms with van der Waals surface area (Å²) in [6, 6.07) is 6.29. The average molecular weight is 220 g/mol. The summed E-state index contributed by atoms with van der Waals surface area (Å²) in [5, 5.41) is 1.14. The molecule has 1 aromatic rings. The minimum Gasteiger partial charge on any atom is -0.353 e. The van der Waals surface area contributed by atoms with E-state index in [2.05, 4.69) is 44.0 Å². The molecule has 0 amide bonds. The summed E-state index contributed by atoms with van der Waals surface area (Å²) < 4.78 is 0. The van der Waals surface area contributed by atoms with E-state index < -0.39 is 0 Å². The van der Waals surface area contributed by atoms with Gasteiger partial charge in [-0.1, -0.05) is 23.9 Å². The number of aliphatic imine (C=N–C) groups is 1. The van der Waals surface area contributed by atoms with Gasteiger partial charge in [0, 0.05) is 19.3 Å². The third-order valence-corrected chi connectivity index (χ3v) is 3.82. The third-order valence-electron chi connectivity index (χ3n) is 2.78. The molecule has 0 unspecified atom stereocenters. The van der Waals surface area contributed by atoms with Crippen molar-refractivity contribution in [3.05, 3.63) is 29.3 Å². The van der Waals surface area contributed by atoms with Gasteiger partial charge in [-0.15, -0.1) is 0 Å². The van der Waals surface area contributed by atoms with E-state index in [1.165, 1.54) is 11.1 Å². The lowest BCUT2D eigenvalue weighted by atomic mass is 10.1. The molecule has 0 N–H and O–H groups in total. The van der Waals surface area contributed by atoms with Crippen molar-refractivity contribution in [2.24, 2.45) is 4.99 Å². The number of amidine groups is 1. The van der Waals surface area contributed by atoms with E-state index in [0.717, 1.165) is 23.2 Å². The highest BCUT2D eigenvalue weighted by Gasteiger charge is 2.15. The molecule has 1 aliphatic heterocycles. The van der Waals surface area contributed by atoms with Crippen LogP contribution in [0.3, 0.4) is 0 Å². The number of nitrogens with zero attached hydrogens (tertiary/aromatic N) is 2. The summed E-state index contributed by atoms with van der Waals surface area (Å²) in [4.78, 5) is 6.92. The fourth-order valence-corrected chi connectivity index (χ4v) is 2.58. The van der Waals surface area contributed by atoms with Crippen LogP contribution in [0.15, 0.2) is 23.2 Å². The van der Waals surface area contributed by atoms with Gasteiger partial charge in [0.15, 0.2) is 5.17 Å². The largest absolute Gasteiger partial charge is 0.353 e. The van der Waals surface area contributed by atoms with Crippen LogP contribution in [-0.2, 0) is 0 Å². The normalized spacial score (nSPS) is 18.9. The fourth-order valence-electron chi connectivity index (χ4n) is 1.56. The van der Waals surface area contributed by atoms with Crippen LogP contribution in [-0.4, -0.2) is 29.4 Å². The Balaban J connectivity index is 2.34. The van der Waals surface area contributed by atoms with Crippen molar-refractivity contribution in [1.29, 1.82) is 0 Å². The number of rotatable bonds is 1. The molecule has 15 heavy (non-hydrogen) atoms. The van der Waals surface area contributed by atoms with Crippen molar-refractivity contribution in [1.82, 2.24) is 4.90 Å². The lowest BCUT2D eigenvalue weighted by molar-refractivity contribution is 0.563. The predicted molar refractivity (Wildman–Crippen MR) is 68.1 cm³/mol. The van der Waals surface area contributed by atoms with Gasteiger partial charge in [0.25, 0.3) is 0 Å². The monoisotopic (exact) mass is 220 g/mol. The molecule has 1 fully saturated rings. The zero-order valence-corrected chi connectivity index (χ0v) is 10.3. The first-order valence-corrected chi connectivity index (χ1v) is 6.16. The molecule has 0 radical (unpaired) electrons. The van der Waals surface area contributed by atoms with Crippen molar-refractivity contribution < 1.29 is 0 Å². The van der Waals surface area contributed by atoms with Gasteiger partial charge in [-0.3, -0.25) is 0 Å². The smallest absolute Gasteiger partial charge is 0.164 e. The van der Waals surface area contributed by atoms with Crippen molar-refractivity contribution >= 4 is 22.6 Å². The summed E-state index contributed by atoms with van der Waals surface area (Å²) in [6.45, 7) is 5.37. The lowest BCUT2D eigenvalue weighted by Gasteiger charge is -2.11. The molecular formula is C12H16N2S. The van der Waals surface area contributed by atoms with E-state index in [1.54, 1.807) is 0 Å². The average Bonchev–Trinajstić information content (AvgIpc) is 2.60. The van der Waals surface area contributed by atoms with E-state index in [-0.39, 0.29) is 0 Å². The van der Waals surface area contributed by atoms with Crippen LogP contribution in [0.25, 0.3) is 0 Å². The second-order valence-electron chi connectivity index (χ2n) is 3.88. The van der Waals surface area contributed by atoms with Crippen LogP contribution >= 0.6 is 11.8 Å². The van der Waals surface area contributed by atoms with Gasteiger partial charge in [0.1, 0.15) is 0 Å². The Morgan fingerprint density at radius 3 is 2.80 bits per heavy atom. The molecule has 1 aromatic carbocycles. The molecule has 80 valence electrons. The van der Waals surface area contributed by atoms with Crippen molar-refractivity contribution in [2.75, 3.05) is 19.3 Å². The Hall–Kier alpha value is -0.960. The molecule has 0 bridgehead atoms. The zero-order valence-electron chi connectivity index (χ0n) is 9.45. The van der Waals surface area contributed by atoms with E-state index in [0.29, 0.717) is 0 Å². The van der Waals surface area contributed by atoms with Gasteiger partial charge in [-0.2, -0.15) is 0 Å². The minimum atomic E-state index is 1.10. The molecule has 2 nitrogen and oxygen atoms in total. The molecule has 0 aromatic heterocycles. The molecule has 0 aliphatic carbocycles. The topological polar surface area (TPSA) is 15.6 Å². The molecule has 1 aliphatic rings. The maximum absolute atomic E-state index is 4.70. The number of hydrogen-bond donors (Lipinski definition) is 0. The Morgan fingerprint density at radius 1 is 1.33 bits per heavy atom. The van der Waals surface area contributed by atoms with Gasteiger partial charge in [0.05, 0.1) is 5.69 Å². The molecule has 2 rings (SSSR count). The fraction of sp³-hybridized carbons (Fsp3) is 0.417. The van der Waals surface area contributed by atoms with Crippen LogP contribution in [0.5, 0.6) is 0 Å². The molecule has 1 heterocycles. The van der Waals surface area contributed by atoms with Gasteiger partial charge in [-0.05, 0) is 31.0 Å². The summed E-state index contributed by atoms with van der Waals surface area (Å²) in [5.74, 6) is 1.15.